The Bertz CT molecular complexity index is 316. The lowest BCUT2D eigenvalue weighted by Crippen LogP contribution is -2.41. The molecule has 82 valence electrons. The minimum atomic E-state index is 0.0451. The Kier molecular flexibility index (Phi) is 3.01. The number of carbonyl (C=O) groups is 1. The largest absolute Gasteiger partial charge is 0.333 e. The highest BCUT2D eigenvalue weighted by Crippen LogP contribution is 2.11. The molecule has 0 bridgehead atoms. The van der Waals surface area contributed by atoms with Gasteiger partial charge in [-0.1, -0.05) is 0 Å². The first kappa shape index (κ1) is 10.2. The number of rotatable bonds is 3. The Balaban J connectivity index is 2.09. The first-order valence-corrected chi connectivity index (χ1v) is 5.34. The predicted molar refractivity (Wildman–Crippen MR) is 56.6 cm³/mol. The number of nitrogens with one attached hydrogen (secondary N) is 2. The molecule has 1 saturated heterocycles. The van der Waals surface area contributed by atoms with Crippen LogP contribution in [-0.2, 0) is 0 Å². The van der Waals surface area contributed by atoms with Crippen molar-refractivity contribution in [3.8, 4) is 0 Å². The number of likely N-dealkylation sites (N-methyl/N-ethyl adjacent to an activating group) is 1. The number of H-pyrrole nitrogens is 1. The van der Waals surface area contributed by atoms with Gasteiger partial charge in [0.15, 0.2) is 0 Å². The van der Waals surface area contributed by atoms with E-state index in [0.29, 0.717) is 11.7 Å². The molecule has 15 heavy (non-hydrogen) atoms. The van der Waals surface area contributed by atoms with Gasteiger partial charge in [-0.05, 0) is 26.0 Å². The van der Waals surface area contributed by atoms with Crippen LogP contribution >= 0.6 is 0 Å². The predicted octanol–water partition coefficient (Wildman–Crippen LogP) is 0.234. The van der Waals surface area contributed by atoms with Gasteiger partial charge in [-0.2, -0.15) is 5.10 Å². The van der Waals surface area contributed by atoms with Crippen molar-refractivity contribution in [1.29, 1.82) is 0 Å². The zero-order valence-corrected chi connectivity index (χ0v) is 8.86. The third-order valence-corrected chi connectivity index (χ3v) is 2.81. The maximum atomic E-state index is 12.1. The molecule has 1 amide bonds. The Morgan fingerprint density at radius 1 is 1.73 bits per heavy atom. The van der Waals surface area contributed by atoms with Crippen LogP contribution in [0.3, 0.4) is 0 Å². The molecule has 1 fully saturated rings. The van der Waals surface area contributed by atoms with Crippen LogP contribution in [-0.4, -0.2) is 46.7 Å². The molecule has 0 radical (unpaired) electrons. The minimum absolute atomic E-state index is 0.0451. The molecule has 2 heterocycles. The third kappa shape index (κ3) is 2.02. The zero-order valence-electron chi connectivity index (χ0n) is 8.86. The van der Waals surface area contributed by atoms with Gasteiger partial charge in [0.05, 0.1) is 0 Å². The van der Waals surface area contributed by atoms with E-state index in [2.05, 4.69) is 15.5 Å². The van der Waals surface area contributed by atoms with Gasteiger partial charge in [-0.25, -0.2) is 0 Å². The molecular weight excluding hydrogens is 192 g/mol. The summed E-state index contributed by atoms with van der Waals surface area (Å²) in [7, 11) is 0. The fourth-order valence-electron chi connectivity index (χ4n) is 2.00. The number of aromatic nitrogens is 2. The van der Waals surface area contributed by atoms with Crippen LogP contribution in [0.2, 0.25) is 0 Å². The van der Waals surface area contributed by atoms with E-state index >= 15 is 0 Å². The van der Waals surface area contributed by atoms with Crippen molar-refractivity contribution < 1.29 is 4.79 Å². The molecule has 5 nitrogen and oxygen atoms in total. The Labute approximate surface area is 88.8 Å². The first-order chi connectivity index (χ1) is 7.33. The van der Waals surface area contributed by atoms with Crippen molar-refractivity contribution in [2.45, 2.75) is 19.4 Å². The van der Waals surface area contributed by atoms with Crippen molar-refractivity contribution in [2.75, 3.05) is 19.6 Å². The second-order valence-corrected chi connectivity index (χ2v) is 3.71. The summed E-state index contributed by atoms with van der Waals surface area (Å²) in [4.78, 5) is 13.9. The van der Waals surface area contributed by atoms with E-state index in [-0.39, 0.29) is 5.91 Å². The monoisotopic (exact) mass is 208 g/mol. The lowest BCUT2D eigenvalue weighted by atomic mass is 10.2. The number of hydrogen-bond donors (Lipinski definition) is 2. The van der Waals surface area contributed by atoms with Gasteiger partial charge < -0.3 is 10.2 Å². The second kappa shape index (κ2) is 4.44. The SMILES string of the molecule is CCN(C(=O)c1ccn[nH]1)C1CCNC1. The van der Waals surface area contributed by atoms with E-state index in [0.717, 1.165) is 26.1 Å². The van der Waals surface area contributed by atoms with Gasteiger partial charge in [0.2, 0.25) is 0 Å². The van der Waals surface area contributed by atoms with Gasteiger partial charge in [-0.3, -0.25) is 9.89 Å². The summed E-state index contributed by atoms with van der Waals surface area (Å²) in [5.74, 6) is 0.0451. The highest BCUT2D eigenvalue weighted by Gasteiger charge is 2.26. The lowest BCUT2D eigenvalue weighted by molar-refractivity contribution is 0.0697. The van der Waals surface area contributed by atoms with E-state index in [4.69, 9.17) is 0 Å². The zero-order chi connectivity index (χ0) is 10.7. The summed E-state index contributed by atoms with van der Waals surface area (Å²) >= 11 is 0. The van der Waals surface area contributed by atoms with Crippen LogP contribution in [0.4, 0.5) is 0 Å². The van der Waals surface area contributed by atoms with Crippen molar-refractivity contribution in [3.63, 3.8) is 0 Å². The first-order valence-electron chi connectivity index (χ1n) is 5.34. The van der Waals surface area contributed by atoms with Crippen LogP contribution in [0.1, 0.15) is 23.8 Å². The smallest absolute Gasteiger partial charge is 0.272 e. The molecule has 1 aliphatic heterocycles. The molecule has 2 N–H and O–H groups in total. The highest BCUT2D eigenvalue weighted by molar-refractivity contribution is 5.92. The van der Waals surface area contributed by atoms with Crippen LogP contribution < -0.4 is 5.32 Å². The Morgan fingerprint density at radius 2 is 2.60 bits per heavy atom. The second-order valence-electron chi connectivity index (χ2n) is 3.71. The molecule has 0 aromatic carbocycles. The third-order valence-electron chi connectivity index (χ3n) is 2.81. The Morgan fingerprint density at radius 3 is 3.13 bits per heavy atom. The van der Waals surface area contributed by atoms with Crippen molar-refractivity contribution >= 4 is 5.91 Å². The van der Waals surface area contributed by atoms with Crippen molar-refractivity contribution in [2.24, 2.45) is 0 Å². The van der Waals surface area contributed by atoms with Gasteiger partial charge in [0.1, 0.15) is 5.69 Å². The number of aromatic amines is 1. The standard InChI is InChI=1S/C10H16N4O/c1-2-14(8-3-5-11-7-8)10(15)9-4-6-12-13-9/h4,6,8,11H,2-3,5,7H2,1H3,(H,12,13). The van der Waals surface area contributed by atoms with Gasteiger partial charge >= 0.3 is 0 Å². The number of hydrogen-bond acceptors (Lipinski definition) is 3. The normalized spacial score (nSPS) is 20.5. The lowest BCUT2D eigenvalue weighted by Gasteiger charge is -2.26. The molecule has 1 aromatic rings. The molecule has 1 atom stereocenters. The quantitative estimate of drug-likeness (QED) is 0.747. The van der Waals surface area contributed by atoms with Crippen LogP contribution in [0.15, 0.2) is 12.3 Å². The maximum absolute atomic E-state index is 12.1. The van der Waals surface area contributed by atoms with E-state index in [1.54, 1.807) is 12.3 Å². The fourth-order valence-corrected chi connectivity index (χ4v) is 2.00. The fraction of sp³-hybridized carbons (Fsp3) is 0.600. The summed E-state index contributed by atoms with van der Waals surface area (Å²) in [5.41, 5.74) is 0.573. The molecule has 0 saturated carbocycles. The summed E-state index contributed by atoms with van der Waals surface area (Å²) in [6, 6.07) is 2.04. The van der Waals surface area contributed by atoms with E-state index in [1.807, 2.05) is 11.8 Å². The summed E-state index contributed by atoms with van der Waals surface area (Å²) in [6.07, 6.45) is 2.64. The molecule has 1 unspecified atom stereocenters. The van der Waals surface area contributed by atoms with E-state index < -0.39 is 0 Å². The van der Waals surface area contributed by atoms with Crippen molar-refractivity contribution in [3.05, 3.63) is 18.0 Å². The number of nitrogens with zero attached hydrogens (tertiary/aromatic N) is 2. The van der Waals surface area contributed by atoms with E-state index in [1.165, 1.54) is 0 Å². The van der Waals surface area contributed by atoms with Crippen LogP contribution in [0, 0.1) is 0 Å². The molecule has 1 aromatic heterocycles. The van der Waals surface area contributed by atoms with Gasteiger partial charge in [0, 0.05) is 25.3 Å². The topological polar surface area (TPSA) is 61.0 Å². The number of carbonyl (C=O) groups excluding carboxylic acids is 1. The molecule has 0 aliphatic carbocycles. The average molecular weight is 208 g/mol. The van der Waals surface area contributed by atoms with Crippen LogP contribution in [0.5, 0.6) is 0 Å². The maximum Gasteiger partial charge on any atom is 0.272 e. The van der Waals surface area contributed by atoms with Crippen molar-refractivity contribution in [1.82, 2.24) is 20.4 Å². The summed E-state index contributed by atoms with van der Waals surface area (Å²) in [5, 5.41) is 9.78. The summed E-state index contributed by atoms with van der Waals surface area (Å²) < 4.78 is 0. The Hall–Kier alpha value is -1.36. The molecular formula is C10H16N4O. The molecule has 5 heteroatoms. The average Bonchev–Trinajstić information content (AvgIpc) is 2.91. The van der Waals surface area contributed by atoms with Gasteiger partial charge in [-0.15, -0.1) is 0 Å². The van der Waals surface area contributed by atoms with E-state index in [9.17, 15) is 4.79 Å². The van der Waals surface area contributed by atoms with Crippen LogP contribution in [0.25, 0.3) is 0 Å². The summed E-state index contributed by atoms with van der Waals surface area (Å²) in [6.45, 7) is 4.64. The minimum Gasteiger partial charge on any atom is -0.333 e. The van der Waals surface area contributed by atoms with Gasteiger partial charge in [0.25, 0.3) is 5.91 Å². The number of amides is 1. The highest BCUT2D eigenvalue weighted by atomic mass is 16.2. The molecule has 1 aliphatic rings. The molecule has 0 spiro atoms. The molecule has 2 rings (SSSR count).